The molecule has 0 saturated heterocycles. The zero-order valence-corrected chi connectivity index (χ0v) is 14.2. The Morgan fingerprint density at radius 2 is 1.30 bits per heavy atom. The maximum atomic E-state index is 10.8. The van der Waals surface area contributed by atoms with Crippen molar-refractivity contribution in [3.63, 3.8) is 0 Å². The summed E-state index contributed by atoms with van der Waals surface area (Å²) in [5.74, 6) is 0.315. The molecule has 0 fully saturated rings. The number of carbonyl (C=O) groups excluding carboxylic acids is 1. The second kappa shape index (κ2) is 14.8. The van der Waals surface area contributed by atoms with E-state index in [0.717, 1.165) is 19.3 Å². The molecule has 0 aromatic heterocycles. The lowest BCUT2D eigenvalue weighted by Crippen LogP contribution is -1.88. The van der Waals surface area contributed by atoms with Crippen molar-refractivity contribution in [3.8, 4) is 0 Å². The third-order valence-corrected chi connectivity index (χ3v) is 3.90. The second-order valence-corrected chi connectivity index (χ2v) is 6.22. The fourth-order valence-electron chi connectivity index (χ4n) is 2.52. The van der Waals surface area contributed by atoms with Crippen LogP contribution in [0, 0.1) is 0 Å². The highest BCUT2D eigenvalue weighted by atomic mass is 16.1. The summed E-state index contributed by atoms with van der Waals surface area (Å²) in [7, 11) is 0. The number of carbonyl (C=O) groups is 1. The molecule has 0 aromatic rings. The maximum absolute atomic E-state index is 10.8. The van der Waals surface area contributed by atoms with Gasteiger partial charge in [0.05, 0.1) is 0 Å². The highest BCUT2D eigenvalue weighted by Crippen LogP contribution is 2.14. The van der Waals surface area contributed by atoms with E-state index in [4.69, 9.17) is 0 Å². The van der Waals surface area contributed by atoms with Gasteiger partial charge in [0, 0.05) is 6.42 Å². The molecule has 0 radical (unpaired) electrons. The molecule has 0 aliphatic rings. The van der Waals surface area contributed by atoms with Gasteiger partial charge in [-0.3, -0.25) is 0 Å². The van der Waals surface area contributed by atoms with Crippen molar-refractivity contribution < 1.29 is 4.79 Å². The van der Waals surface area contributed by atoms with Crippen molar-refractivity contribution in [1.29, 1.82) is 0 Å². The van der Waals surface area contributed by atoms with Crippen LogP contribution in [0.4, 0.5) is 0 Å². The minimum atomic E-state index is 0.315. The molecular formula is C19H36O. The van der Waals surface area contributed by atoms with Crippen LogP contribution < -0.4 is 0 Å². The minimum Gasteiger partial charge on any atom is -0.300 e. The summed E-state index contributed by atoms with van der Waals surface area (Å²) in [6, 6.07) is 0. The number of ketones is 1. The molecule has 0 aliphatic heterocycles. The Hall–Kier alpha value is -0.590. The third-order valence-electron chi connectivity index (χ3n) is 3.90. The van der Waals surface area contributed by atoms with E-state index in [1.54, 1.807) is 6.92 Å². The van der Waals surface area contributed by atoms with E-state index in [9.17, 15) is 4.79 Å². The molecule has 0 N–H and O–H groups in total. The summed E-state index contributed by atoms with van der Waals surface area (Å²) in [6.07, 6.45) is 19.0. The van der Waals surface area contributed by atoms with E-state index in [-0.39, 0.29) is 0 Å². The van der Waals surface area contributed by atoms with Crippen molar-refractivity contribution in [2.24, 2.45) is 0 Å². The Bertz CT molecular complexity index is 252. The van der Waals surface area contributed by atoms with Gasteiger partial charge < -0.3 is 4.79 Å². The fourth-order valence-corrected chi connectivity index (χ4v) is 2.52. The van der Waals surface area contributed by atoms with Crippen LogP contribution in [-0.2, 0) is 4.79 Å². The predicted molar refractivity (Wildman–Crippen MR) is 90.1 cm³/mol. The van der Waals surface area contributed by atoms with E-state index < -0.39 is 0 Å². The zero-order valence-electron chi connectivity index (χ0n) is 14.2. The Kier molecular flexibility index (Phi) is 14.4. The van der Waals surface area contributed by atoms with Gasteiger partial charge in [0.2, 0.25) is 0 Å². The minimum absolute atomic E-state index is 0.315. The molecule has 0 bridgehead atoms. The number of allylic oxidation sites excluding steroid dienone is 2. The van der Waals surface area contributed by atoms with Crippen LogP contribution in [0.25, 0.3) is 0 Å². The number of rotatable bonds is 14. The van der Waals surface area contributed by atoms with E-state index in [0.29, 0.717) is 5.78 Å². The molecule has 0 aromatic carbocycles. The molecule has 0 spiro atoms. The Labute approximate surface area is 127 Å². The molecule has 0 saturated carbocycles. The van der Waals surface area contributed by atoms with Gasteiger partial charge in [-0.05, 0) is 39.5 Å². The lowest BCUT2D eigenvalue weighted by molar-refractivity contribution is -0.117. The molecule has 1 heteroatoms. The molecular weight excluding hydrogens is 244 g/mol. The summed E-state index contributed by atoms with van der Waals surface area (Å²) in [5.41, 5.74) is 1.51. The average molecular weight is 280 g/mol. The van der Waals surface area contributed by atoms with Gasteiger partial charge in [0.1, 0.15) is 5.78 Å². The lowest BCUT2D eigenvalue weighted by atomic mass is 10.0. The molecule has 0 atom stereocenters. The van der Waals surface area contributed by atoms with Gasteiger partial charge in [0.25, 0.3) is 0 Å². The Morgan fingerprint density at radius 3 is 1.85 bits per heavy atom. The van der Waals surface area contributed by atoms with Gasteiger partial charge in [0.15, 0.2) is 0 Å². The molecule has 1 nitrogen and oxygen atoms in total. The standard InChI is InChI=1S/C19H36O/c1-4-5-6-7-8-9-10-11-12-15-18(2)16-13-14-17-19(3)20/h16H,4-15,17H2,1-3H3. The Balaban J connectivity index is 3.28. The lowest BCUT2D eigenvalue weighted by Gasteiger charge is -2.03. The second-order valence-electron chi connectivity index (χ2n) is 6.22. The molecule has 0 rings (SSSR count). The summed E-state index contributed by atoms with van der Waals surface area (Å²) in [5, 5.41) is 0. The predicted octanol–water partition coefficient (Wildman–Crippen LogP) is 6.61. The first-order valence-electron chi connectivity index (χ1n) is 8.82. The normalized spacial score (nSPS) is 11.8. The van der Waals surface area contributed by atoms with Crippen LogP contribution in [0.1, 0.15) is 104 Å². The van der Waals surface area contributed by atoms with Gasteiger partial charge in [-0.15, -0.1) is 0 Å². The molecule has 0 amide bonds. The summed E-state index contributed by atoms with van der Waals surface area (Å²) in [4.78, 5) is 10.8. The van der Waals surface area contributed by atoms with Crippen molar-refractivity contribution in [1.82, 2.24) is 0 Å². The zero-order chi connectivity index (χ0) is 15.1. The smallest absolute Gasteiger partial charge is 0.129 e. The van der Waals surface area contributed by atoms with Crippen molar-refractivity contribution >= 4 is 5.78 Å². The first kappa shape index (κ1) is 19.4. The third kappa shape index (κ3) is 15.5. The highest BCUT2D eigenvalue weighted by Gasteiger charge is 1.95. The molecule has 118 valence electrons. The van der Waals surface area contributed by atoms with Crippen LogP contribution in [0.3, 0.4) is 0 Å². The average Bonchev–Trinajstić information content (AvgIpc) is 2.41. The summed E-state index contributed by atoms with van der Waals surface area (Å²) in [6.45, 7) is 6.19. The molecule has 20 heavy (non-hydrogen) atoms. The van der Waals surface area contributed by atoms with Gasteiger partial charge in [-0.1, -0.05) is 69.9 Å². The first-order valence-corrected chi connectivity index (χ1v) is 8.82. The van der Waals surface area contributed by atoms with Crippen LogP contribution >= 0.6 is 0 Å². The number of unbranched alkanes of at least 4 members (excludes halogenated alkanes) is 9. The van der Waals surface area contributed by atoms with Crippen LogP contribution in [-0.4, -0.2) is 5.78 Å². The highest BCUT2D eigenvalue weighted by molar-refractivity contribution is 5.75. The molecule has 0 unspecified atom stereocenters. The number of Topliss-reactive ketones (excluding diaryl/α,β-unsaturated/α-hetero) is 1. The number of hydrogen-bond acceptors (Lipinski definition) is 1. The van der Waals surface area contributed by atoms with Gasteiger partial charge in [-0.25, -0.2) is 0 Å². The Morgan fingerprint density at radius 1 is 0.750 bits per heavy atom. The molecule has 0 heterocycles. The summed E-state index contributed by atoms with van der Waals surface area (Å²) < 4.78 is 0. The van der Waals surface area contributed by atoms with Crippen LogP contribution in [0.2, 0.25) is 0 Å². The molecule has 0 aliphatic carbocycles. The summed E-state index contributed by atoms with van der Waals surface area (Å²) >= 11 is 0. The van der Waals surface area contributed by atoms with E-state index in [1.807, 2.05) is 0 Å². The largest absolute Gasteiger partial charge is 0.300 e. The van der Waals surface area contributed by atoms with E-state index in [2.05, 4.69) is 19.9 Å². The SMILES string of the molecule is CCCCCCCCCCCC(C)=CCCCC(C)=O. The van der Waals surface area contributed by atoms with Crippen LogP contribution in [0.5, 0.6) is 0 Å². The maximum Gasteiger partial charge on any atom is 0.129 e. The van der Waals surface area contributed by atoms with Crippen LogP contribution in [0.15, 0.2) is 11.6 Å². The van der Waals surface area contributed by atoms with Gasteiger partial charge in [-0.2, -0.15) is 0 Å². The quantitative estimate of drug-likeness (QED) is 0.258. The fraction of sp³-hybridized carbons (Fsp3) is 0.842. The van der Waals surface area contributed by atoms with Crippen molar-refractivity contribution in [2.45, 2.75) is 104 Å². The van der Waals surface area contributed by atoms with Gasteiger partial charge >= 0.3 is 0 Å². The monoisotopic (exact) mass is 280 g/mol. The van der Waals surface area contributed by atoms with Crippen molar-refractivity contribution in [2.75, 3.05) is 0 Å². The van der Waals surface area contributed by atoms with E-state index in [1.165, 1.54) is 69.8 Å². The number of hydrogen-bond donors (Lipinski definition) is 0. The van der Waals surface area contributed by atoms with Crippen molar-refractivity contribution in [3.05, 3.63) is 11.6 Å². The first-order chi connectivity index (χ1) is 9.66. The topological polar surface area (TPSA) is 17.1 Å². The van der Waals surface area contributed by atoms with E-state index >= 15 is 0 Å².